The highest BCUT2D eigenvalue weighted by Crippen LogP contribution is 2.21. The second-order valence-corrected chi connectivity index (χ2v) is 5.20. The molecule has 0 aliphatic heterocycles. The van der Waals surface area contributed by atoms with Crippen molar-refractivity contribution < 1.29 is 14.7 Å². The average molecular weight is 318 g/mol. The fourth-order valence-electron chi connectivity index (χ4n) is 1.07. The van der Waals surface area contributed by atoms with Gasteiger partial charge in [-0.3, -0.25) is 9.59 Å². The summed E-state index contributed by atoms with van der Waals surface area (Å²) in [6.07, 6.45) is -0.0483. The number of carboxylic acid groups (broad SMARTS) is 1. The van der Waals surface area contributed by atoms with Gasteiger partial charge < -0.3 is 10.4 Å². The van der Waals surface area contributed by atoms with Gasteiger partial charge in [-0.05, 0) is 18.2 Å². The summed E-state index contributed by atoms with van der Waals surface area (Å²) in [6.45, 7) is 0.174. The fraction of sp³-hybridized carbons (Fsp3) is 0.273. The SMILES string of the molecule is O=C(O)CCNC(=O)CSc1cccc(Br)c1. The van der Waals surface area contributed by atoms with Crippen LogP contribution in [-0.2, 0) is 9.59 Å². The van der Waals surface area contributed by atoms with E-state index >= 15 is 0 Å². The van der Waals surface area contributed by atoms with Crippen LogP contribution in [0.4, 0.5) is 0 Å². The Bertz CT molecular complexity index is 411. The van der Waals surface area contributed by atoms with Gasteiger partial charge in [0.05, 0.1) is 12.2 Å². The lowest BCUT2D eigenvalue weighted by molar-refractivity contribution is -0.136. The van der Waals surface area contributed by atoms with E-state index in [0.29, 0.717) is 0 Å². The Morgan fingerprint density at radius 1 is 1.41 bits per heavy atom. The van der Waals surface area contributed by atoms with E-state index in [-0.39, 0.29) is 24.6 Å². The highest BCUT2D eigenvalue weighted by atomic mass is 79.9. The second kappa shape index (κ2) is 7.34. The average Bonchev–Trinajstić information content (AvgIpc) is 2.26. The van der Waals surface area contributed by atoms with Gasteiger partial charge >= 0.3 is 5.97 Å². The Balaban J connectivity index is 2.26. The minimum absolute atomic E-state index is 0.0483. The molecule has 0 unspecified atom stereocenters. The third-order valence-corrected chi connectivity index (χ3v) is 3.31. The number of hydrogen-bond acceptors (Lipinski definition) is 3. The number of thioether (sulfide) groups is 1. The zero-order valence-electron chi connectivity index (χ0n) is 8.98. The molecular formula is C11H12BrNO3S. The summed E-state index contributed by atoms with van der Waals surface area (Å²) in [4.78, 5) is 22.6. The Morgan fingerprint density at radius 3 is 2.82 bits per heavy atom. The van der Waals surface area contributed by atoms with Gasteiger partial charge in [-0.25, -0.2) is 0 Å². The summed E-state index contributed by atoms with van der Waals surface area (Å²) in [7, 11) is 0. The molecule has 6 heteroatoms. The molecule has 1 aromatic rings. The van der Waals surface area contributed by atoms with E-state index in [1.165, 1.54) is 11.8 Å². The molecule has 0 atom stereocenters. The minimum atomic E-state index is -0.912. The molecule has 1 aromatic carbocycles. The van der Waals surface area contributed by atoms with Crippen LogP contribution in [0.3, 0.4) is 0 Å². The van der Waals surface area contributed by atoms with Gasteiger partial charge in [0.1, 0.15) is 0 Å². The maximum Gasteiger partial charge on any atom is 0.305 e. The molecule has 0 fully saturated rings. The monoisotopic (exact) mass is 317 g/mol. The molecule has 92 valence electrons. The summed E-state index contributed by atoms with van der Waals surface area (Å²) >= 11 is 4.76. The number of halogens is 1. The minimum Gasteiger partial charge on any atom is -0.481 e. The molecule has 4 nitrogen and oxygen atoms in total. The first-order valence-corrected chi connectivity index (χ1v) is 6.72. The van der Waals surface area contributed by atoms with E-state index in [4.69, 9.17) is 5.11 Å². The largest absolute Gasteiger partial charge is 0.481 e. The van der Waals surface area contributed by atoms with Gasteiger partial charge in [-0.2, -0.15) is 0 Å². The van der Waals surface area contributed by atoms with E-state index in [1.54, 1.807) is 0 Å². The molecular weight excluding hydrogens is 306 g/mol. The van der Waals surface area contributed by atoms with Crippen molar-refractivity contribution in [2.24, 2.45) is 0 Å². The molecule has 1 rings (SSSR count). The van der Waals surface area contributed by atoms with E-state index in [2.05, 4.69) is 21.2 Å². The number of rotatable bonds is 6. The third kappa shape index (κ3) is 6.33. The number of benzene rings is 1. The Hall–Kier alpha value is -1.01. The summed E-state index contributed by atoms with van der Waals surface area (Å²) < 4.78 is 0.966. The van der Waals surface area contributed by atoms with Crippen LogP contribution in [0.5, 0.6) is 0 Å². The Kier molecular flexibility index (Phi) is 6.07. The molecule has 0 bridgehead atoms. The van der Waals surface area contributed by atoms with Gasteiger partial charge in [0.2, 0.25) is 5.91 Å². The molecule has 0 saturated carbocycles. The van der Waals surface area contributed by atoms with E-state index < -0.39 is 5.97 Å². The van der Waals surface area contributed by atoms with Crippen LogP contribution >= 0.6 is 27.7 Å². The van der Waals surface area contributed by atoms with Gasteiger partial charge in [-0.15, -0.1) is 11.8 Å². The number of aliphatic carboxylic acids is 1. The Labute approximate surface area is 112 Å². The molecule has 0 aromatic heterocycles. The smallest absolute Gasteiger partial charge is 0.305 e. The molecule has 0 aliphatic carbocycles. The number of amides is 1. The highest BCUT2D eigenvalue weighted by Gasteiger charge is 2.04. The Morgan fingerprint density at radius 2 is 2.18 bits per heavy atom. The molecule has 0 radical (unpaired) electrons. The summed E-state index contributed by atoms with van der Waals surface area (Å²) in [5.41, 5.74) is 0. The van der Waals surface area contributed by atoms with Crippen molar-refractivity contribution in [3.8, 4) is 0 Å². The third-order valence-electron chi connectivity index (χ3n) is 1.83. The van der Waals surface area contributed by atoms with Crippen LogP contribution in [0, 0.1) is 0 Å². The summed E-state index contributed by atoms with van der Waals surface area (Å²) in [6, 6.07) is 7.65. The van der Waals surface area contributed by atoms with Crippen molar-refractivity contribution in [2.75, 3.05) is 12.3 Å². The van der Waals surface area contributed by atoms with E-state index in [0.717, 1.165) is 9.37 Å². The van der Waals surface area contributed by atoms with Crippen molar-refractivity contribution >= 4 is 39.6 Å². The van der Waals surface area contributed by atoms with Crippen LogP contribution in [-0.4, -0.2) is 29.3 Å². The number of carbonyl (C=O) groups excluding carboxylic acids is 1. The van der Waals surface area contributed by atoms with Gasteiger partial charge in [0, 0.05) is 15.9 Å². The van der Waals surface area contributed by atoms with Gasteiger partial charge in [0.25, 0.3) is 0 Å². The van der Waals surface area contributed by atoms with Crippen molar-refractivity contribution in [3.63, 3.8) is 0 Å². The predicted molar refractivity (Wildman–Crippen MR) is 70.1 cm³/mol. The number of carboxylic acids is 1. The molecule has 0 saturated heterocycles. The first-order chi connectivity index (χ1) is 8.08. The normalized spacial score (nSPS) is 9.94. The number of nitrogens with one attached hydrogen (secondary N) is 1. The van der Waals surface area contributed by atoms with Crippen molar-refractivity contribution in [1.29, 1.82) is 0 Å². The highest BCUT2D eigenvalue weighted by molar-refractivity contribution is 9.10. The predicted octanol–water partition coefficient (Wildman–Crippen LogP) is 2.13. The lowest BCUT2D eigenvalue weighted by Gasteiger charge is -2.03. The molecule has 0 aliphatic rings. The van der Waals surface area contributed by atoms with E-state index in [9.17, 15) is 9.59 Å². The maximum absolute atomic E-state index is 11.3. The van der Waals surface area contributed by atoms with Crippen molar-refractivity contribution in [2.45, 2.75) is 11.3 Å². The van der Waals surface area contributed by atoms with Crippen LogP contribution in [0.25, 0.3) is 0 Å². The number of carbonyl (C=O) groups is 2. The topological polar surface area (TPSA) is 66.4 Å². The maximum atomic E-state index is 11.3. The van der Waals surface area contributed by atoms with Crippen LogP contribution < -0.4 is 5.32 Å². The van der Waals surface area contributed by atoms with Gasteiger partial charge in [0.15, 0.2) is 0 Å². The summed E-state index contributed by atoms with van der Waals surface area (Å²) in [5.74, 6) is -0.781. The molecule has 0 spiro atoms. The first kappa shape index (κ1) is 14.1. The first-order valence-electron chi connectivity index (χ1n) is 4.95. The van der Waals surface area contributed by atoms with Crippen LogP contribution in [0.15, 0.2) is 33.6 Å². The lowest BCUT2D eigenvalue weighted by atomic mass is 10.4. The fourth-order valence-corrected chi connectivity index (χ4v) is 2.40. The van der Waals surface area contributed by atoms with E-state index in [1.807, 2.05) is 24.3 Å². The molecule has 0 heterocycles. The second-order valence-electron chi connectivity index (χ2n) is 3.24. The zero-order valence-corrected chi connectivity index (χ0v) is 11.4. The lowest BCUT2D eigenvalue weighted by Crippen LogP contribution is -2.27. The molecule has 2 N–H and O–H groups in total. The standard InChI is InChI=1S/C11H12BrNO3S/c12-8-2-1-3-9(6-8)17-7-10(14)13-5-4-11(15)16/h1-3,6H,4-5,7H2,(H,13,14)(H,15,16). The van der Waals surface area contributed by atoms with Crippen LogP contribution in [0.1, 0.15) is 6.42 Å². The summed E-state index contributed by atoms with van der Waals surface area (Å²) in [5, 5.41) is 10.9. The van der Waals surface area contributed by atoms with Crippen molar-refractivity contribution in [3.05, 3.63) is 28.7 Å². The quantitative estimate of drug-likeness (QED) is 0.789. The molecule has 1 amide bonds. The van der Waals surface area contributed by atoms with Crippen molar-refractivity contribution in [1.82, 2.24) is 5.32 Å². The zero-order chi connectivity index (χ0) is 12.7. The van der Waals surface area contributed by atoms with Gasteiger partial charge in [-0.1, -0.05) is 22.0 Å². The number of hydrogen-bond donors (Lipinski definition) is 2. The van der Waals surface area contributed by atoms with Crippen LogP contribution in [0.2, 0.25) is 0 Å². The molecule has 17 heavy (non-hydrogen) atoms.